The van der Waals surface area contributed by atoms with Gasteiger partial charge in [0, 0.05) is 24.0 Å². The zero-order valence-corrected chi connectivity index (χ0v) is 10.1. The SMILES string of the molecule is CC(=O)SCCSC(=O)c1ccccc1. The van der Waals surface area contributed by atoms with Crippen LogP contribution in [-0.4, -0.2) is 21.7 Å². The molecule has 0 aromatic heterocycles. The molecule has 1 rings (SSSR count). The highest BCUT2D eigenvalue weighted by Gasteiger charge is 2.05. The highest BCUT2D eigenvalue weighted by molar-refractivity contribution is 8.17. The van der Waals surface area contributed by atoms with Crippen molar-refractivity contribution in [2.75, 3.05) is 11.5 Å². The first kappa shape index (κ1) is 12.3. The average molecular weight is 240 g/mol. The van der Waals surface area contributed by atoms with Crippen LogP contribution in [0.2, 0.25) is 0 Å². The molecule has 0 saturated heterocycles. The molecule has 0 fully saturated rings. The maximum Gasteiger partial charge on any atom is 0.219 e. The first-order valence-corrected chi connectivity index (χ1v) is 6.53. The smallest absolute Gasteiger partial charge is 0.219 e. The Kier molecular flexibility index (Phi) is 5.50. The van der Waals surface area contributed by atoms with E-state index in [-0.39, 0.29) is 10.2 Å². The van der Waals surface area contributed by atoms with Crippen molar-refractivity contribution < 1.29 is 9.59 Å². The van der Waals surface area contributed by atoms with Gasteiger partial charge in [-0.15, -0.1) is 0 Å². The molecule has 0 amide bonds. The molecule has 0 aliphatic heterocycles. The number of hydrogen-bond acceptors (Lipinski definition) is 4. The van der Waals surface area contributed by atoms with Crippen molar-refractivity contribution in [2.45, 2.75) is 6.92 Å². The lowest BCUT2D eigenvalue weighted by Gasteiger charge is -1.99. The fourth-order valence-electron chi connectivity index (χ4n) is 0.977. The molecule has 0 spiro atoms. The highest BCUT2D eigenvalue weighted by Crippen LogP contribution is 2.14. The maximum atomic E-state index is 11.6. The summed E-state index contributed by atoms with van der Waals surface area (Å²) >= 11 is 2.52. The van der Waals surface area contributed by atoms with E-state index in [2.05, 4.69) is 0 Å². The molecule has 0 atom stereocenters. The number of hydrogen-bond donors (Lipinski definition) is 0. The second kappa shape index (κ2) is 6.69. The third kappa shape index (κ3) is 5.04. The van der Waals surface area contributed by atoms with Crippen molar-refractivity contribution in [1.29, 1.82) is 0 Å². The lowest BCUT2D eigenvalue weighted by molar-refractivity contribution is -0.109. The van der Waals surface area contributed by atoms with Gasteiger partial charge in [-0.25, -0.2) is 0 Å². The molecule has 0 unspecified atom stereocenters. The summed E-state index contributed by atoms with van der Waals surface area (Å²) in [6.07, 6.45) is 0. The van der Waals surface area contributed by atoms with Gasteiger partial charge in [0.15, 0.2) is 5.12 Å². The van der Waals surface area contributed by atoms with E-state index in [1.54, 1.807) is 12.1 Å². The lowest BCUT2D eigenvalue weighted by Crippen LogP contribution is -1.97. The zero-order chi connectivity index (χ0) is 11.1. The molecular weight excluding hydrogens is 228 g/mol. The van der Waals surface area contributed by atoms with Crippen LogP contribution in [0.5, 0.6) is 0 Å². The summed E-state index contributed by atoms with van der Waals surface area (Å²) in [5.74, 6) is 1.37. The minimum Gasteiger partial charge on any atom is -0.288 e. The van der Waals surface area contributed by atoms with Crippen molar-refractivity contribution in [1.82, 2.24) is 0 Å². The van der Waals surface area contributed by atoms with Gasteiger partial charge in [0.1, 0.15) is 0 Å². The summed E-state index contributed by atoms with van der Waals surface area (Å²) in [6, 6.07) is 9.17. The van der Waals surface area contributed by atoms with Crippen LogP contribution in [0, 0.1) is 0 Å². The average Bonchev–Trinajstić information content (AvgIpc) is 2.25. The quantitative estimate of drug-likeness (QED) is 0.758. The van der Waals surface area contributed by atoms with Crippen molar-refractivity contribution in [2.24, 2.45) is 0 Å². The van der Waals surface area contributed by atoms with Gasteiger partial charge in [-0.2, -0.15) is 0 Å². The molecule has 0 saturated carbocycles. The van der Waals surface area contributed by atoms with Gasteiger partial charge in [0.05, 0.1) is 0 Å². The van der Waals surface area contributed by atoms with Crippen molar-refractivity contribution in [3.05, 3.63) is 35.9 Å². The van der Waals surface area contributed by atoms with Crippen LogP contribution in [0.4, 0.5) is 0 Å². The number of carbonyl (C=O) groups excluding carboxylic acids is 2. The van der Waals surface area contributed by atoms with Gasteiger partial charge in [0.25, 0.3) is 0 Å². The Labute approximate surface area is 97.8 Å². The largest absolute Gasteiger partial charge is 0.288 e. The molecule has 0 heterocycles. The van der Waals surface area contributed by atoms with Crippen LogP contribution in [0.1, 0.15) is 17.3 Å². The van der Waals surface area contributed by atoms with Gasteiger partial charge >= 0.3 is 0 Å². The summed E-state index contributed by atoms with van der Waals surface area (Å²) in [5, 5.41) is 0.169. The van der Waals surface area contributed by atoms with E-state index in [1.807, 2.05) is 18.2 Å². The van der Waals surface area contributed by atoms with E-state index in [0.29, 0.717) is 11.5 Å². The van der Waals surface area contributed by atoms with Crippen LogP contribution in [0.25, 0.3) is 0 Å². The second-order valence-corrected chi connectivity index (χ2v) is 5.18. The van der Waals surface area contributed by atoms with Crippen LogP contribution in [-0.2, 0) is 4.79 Å². The summed E-state index contributed by atoms with van der Waals surface area (Å²) in [5.41, 5.74) is 0.718. The highest BCUT2D eigenvalue weighted by atomic mass is 32.2. The molecule has 0 aliphatic rings. The first-order valence-electron chi connectivity index (χ1n) is 4.55. The standard InChI is InChI=1S/C11H12O2S2/c1-9(12)14-7-8-15-11(13)10-5-3-2-4-6-10/h2-6H,7-8H2,1H3. The van der Waals surface area contributed by atoms with E-state index in [4.69, 9.17) is 0 Å². The predicted octanol–water partition coefficient (Wildman–Crippen LogP) is 2.84. The predicted molar refractivity (Wildman–Crippen MR) is 66.4 cm³/mol. The molecular formula is C11H12O2S2. The van der Waals surface area contributed by atoms with Gasteiger partial charge in [-0.1, -0.05) is 53.9 Å². The normalized spacial score (nSPS) is 9.93. The van der Waals surface area contributed by atoms with Crippen LogP contribution < -0.4 is 0 Å². The Morgan fingerprint density at radius 1 is 1.07 bits per heavy atom. The van der Waals surface area contributed by atoms with Gasteiger partial charge < -0.3 is 0 Å². The van der Waals surface area contributed by atoms with E-state index in [1.165, 1.54) is 30.4 Å². The van der Waals surface area contributed by atoms with E-state index >= 15 is 0 Å². The summed E-state index contributed by atoms with van der Waals surface area (Å²) in [7, 11) is 0. The summed E-state index contributed by atoms with van der Waals surface area (Å²) in [6.45, 7) is 1.54. The Balaban J connectivity index is 2.28. The number of carbonyl (C=O) groups is 2. The lowest BCUT2D eigenvalue weighted by atomic mass is 10.2. The molecule has 15 heavy (non-hydrogen) atoms. The van der Waals surface area contributed by atoms with E-state index < -0.39 is 0 Å². The monoisotopic (exact) mass is 240 g/mol. The van der Waals surface area contributed by atoms with E-state index in [0.717, 1.165) is 5.56 Å². The third-order valence-electron chi connectivity index (χ3n) is 1.63. The summed E-state index contributed by atoms with van der Waals surface area (Å²) in [4.78, 5) is 22.2. The third-order valence-corrected chi connectivity index (χ3v) is 3.61. The van der Waals surface area contributed by atoms with Gasteiger partial charge in [-0.05, 0) is 0 Å². The minimum atomic E-state index is 0.0692. The number of benzene rings is 1. The molecule has 0 bridgehead atoms. The fraction of sp³-hybridized carbons (Fsp3) is 0.273. The Morgan fingerprint density at radius 2 is 1.67 bits per heavy atom. The van der Waals surface area contributed by atoms with Crippen molar-refractivity contribution in [3.63, 3.8) is 0 Å². The van der Waals surface area contributed by atoms with Crippen LogP contribution in [0.3, 0.4) is 0 Å². The Morgan fingerprint density at radius 3 is 2.27 bits per heavy atom. The Bertz CT molecular complexity index is 336. The molecule has 80 valence electrons. The molecule has 0 radical (unpaired) electrons. The second-order valence-electron chi connectivity index (χ2n) is 2.84. The molecule has 4 heteroatoms. The molecule has 1 aromatic carbocycles. The molecule has 0 N–H and O–H groups in total. The maximum absolute atomic E-state index is 11.6. The fourth-order valence-corrected chi connectivity index (χ4v) is 2.42. The van der Waals surface area contributed by atoms with Crippen molar-refractivity contribution in [3.8, 4) is 0 Å². The minimum absolute atomic E-state index is 0.0692. The topological polar surface area (TPSA) is 34.1 Å². The van der Waals surface area contributed by atoms with E-state index in [9.17, 15) is 9.59 Å². The van der Waals surface area contributed by atoms with Gasteiger partial charge in [0.2, 0.25) is 5.12 Å². The summed E-state index contributed by atoms with van der Waals surface area (Å²) < 4.78 is 0. The first-order chi connectivity index (χ1) is 7.20. The van der Waals surface area contributed by atoms with Crippen molar-refractivity contribution >= 4 is 33.8 Å². The Hall–Kier alpha value is -0.740. The van der Waals surface area contributed by atoms with Crippen LogP contribution in [0.15, 0.2) is 30.3 Å². The molecule has 2 nitrogen and oxygen atoms in total. The number of thioether (sulfide) groups is 2. The number of rotatable bonds is 4. The van der Waals surface area contributed by atoms with Crippen LogP contribution >= 0.6 is 23.5 Å². The molecule has 1 aromatic rings. The zero-order valence-electron chi connectivity index (χ0n) is 8.43. The van der Waals surface area contributed by atoms with Gasteiger partial charge in [-0.3, -0.25) is 9.59 Å². The molecule has 0 aliphatic carbocycles.